The van der Waals surface area contributed by atoms with Gasteiger partial charge in [0.05, 0.1) is 5.56 Å². The van der Waals surface area contributed by atoms with Gasteiger partial charge >= 0.3 is 17.6 Å². The molecule has 5 N–H and O–H groups in total. The van der Waals surface area contributed by atoms with Crippen molar-refractivity contribution in [1.29, 1.82) is 0 Å². The molecule has 172 valence electrons. The zero-order valence-electron chi connectivity index (χ0n) is 16.9. The van der Waals surface area contributed by atoms with Crippen LogP contribution >= 0.6 is 0 Å². The number of rotatable bonds is 6. The van der Waals surface area contributed by atoms with Gasteiger partial charge in [-0.1, -0.05) is 0 Å². The van der Waals surface area contributed by atoms with E-state index in [1.54, 1.807) is 6.92 Å². The predicted molar refractivity (Wildman–Crippen MR) is 106 cm³/mol. The summed E-state index contributed by atoms with van der Waals surface area (Å²) in [6, 6.07) is 1.73. The molecule has 2 unspecified atom stereocenters. The molecule has 0 amide bonds. The number of benzene rings is 1. The Balaban J connectivity index is 1.50. The summed E-state index contributed by atoms with van der Waals surface area (Å²) in [6.45, 7) is 1.22. The van der Waals surface area contributed by atoms with Gasteiger partial charge in [-0.05, 0) is 19.1 Å². The van der Waals surface area contributed by atoms with E-state index in [9.17, 15) is 34.5 Å². The van der Waals surface area contributed by atoms with E-state index in [1.807, 2.05) is 0 Å². The standard InChI is InChI=1S/C19H21N3O10/c1-9-6-22(19(29)21-17(9)27)14-5-20-4-11(32-14)7-30-15(25)8-31-18(28)10-2-12(23)16(26)13(24)3-10/h2-3,6,11,14,20,23-24,26H,4-5,7-8H2,1H3,(H,21,27,29). The highest BCUT2D eigenvalue weighted by molar-refractivity contribution is 5.92. The molecule has 32 heavy (non-hydrogen) atoms. The lowest BCUT2D eigenvalue weighted by Crippen LogP contribution is -2.48. The van der Waals surface area contributed by atoms with Crippen LogP contribution in [0.1, 0.15) is 22.1 Å². The lowest BCUT2D eigenvalue weighted by atomic mass is 10.2. The van der Waals surface area contributed by atoms with Gasteiger partial charge in [0.15, 0.2) is 30.1 Å². The molecule has 0 radical (unpaired) electrons. The first kappa shape index (κ1) is 22.8. The fourth-order valence-corrected chi connectivity index (χ4v) is 2.91. The molecule has 1 aliphatic rings. The Hall–Kier alpha value is -3.84. The highest BCUT2D eigenvalue weighted by atomic mass is 16.6. The molecular weight excluding hydrogens is 430 g/mol. The van der Waals surface area contributed by atoms with Gasteiger partial charge in [0, 0.05) is 24.8 Å². The molecule has 1 saturated heterocycles. The van der Waals surface area contributed by atoms with Gasteiger partial charge in [-0.15, -0.1) is 0 Å². The van der Waals surface area contributed by atoms with E-state index in [1.165, 1.54) is 10.8 Å². The van der Waals surface area contributed by atoms with E-state index in [0.29, 0.717) is 18.7 Å². The van der Waals surface area contributed by atoms with Crippen molar-refractivity contribution in [2.24, 2.45) is 0 Å². The van der Waals surface area contributed by atoms with Crippen molar-refractivity contribution >= 4 is 11.9 Å². The van der Waals surface area contributed by atoms with Crippen LogP contribution in [-0.4, -0.2) is 69.2 Å². The fourth-order valence-electron chi connectivity index (χ4n) is 2.91. The molecule has 1 aliphatic heterocycles. The minimum absolute atomic E-state index is 0.197. The molecule has 0 spiro atoms. The lowest BCUT2D eigenvalue weighted by Gasteiger charge is -2.31. The van der Waals surface area contributed by atoms with Gasteiger partial charge in [0.2, 0.25) is 0 Å². The van der Waals surface area contributed by atoms with E-state index in [-0.39, 0.29) is 12.2 Å². The zero-order valence-corrected chi connectivity index (χ0v) is 16.9. The van der Waals surface area contributed by atoms with Crippen LogP contribution in [0.5, 0.6) is 17.2 Å². The molecule has 1 aromatic heterocycles. The molecule has 13 heteroatoms. The molecule has 2 heterocycles. The SMILES string of the molecule is Cc1cn(C2CNCC(COC(=O)COC(=O)c3cc(O)c(O)c(O)c3)O2)c(=O)[nH]c1=O. The van der Waals surface area contributed by atoms with E-state index < -0.39 is 59.4 Å². The first-order chi connectivity index (χ1) is 15.2. The van der Waals surface area contributed by atoms with E-state index in [2.05, 4.69) is 10.3 Å². The minimum Gasteiger partial charge on any atom is -0.504 e. The highest BCUT2D eigenvalue weighted by Crippen LogP contribution is 2.35. The first-order valence-electron chi connectivity index (χ1n) is 9.41. The van der Waals surface area contributed by atoms with E-state index in [4.69, 9.17) is 14.2 Å². The summed E-state index contributed by atoms with van der Waals surface area (Å²) in [6.07, 6.45) is 0.0296. The third-order valence-electron chi connectivity index (χ3n) is 4.55. The predicted octanol–water partition coefficient (Wildman–Crippen LogP) is -1.15. The van der Waals surface area contributed by atoms with E-state index >= 15 is 0 Å². The highest BCUT2D eigenvalue weighted by Gasteiger charge is 2.26. The monoisotopic (exact) mass is 451 g/mol. The number of aromatic amines is 1. The summed E-state index contributed by atoms with van der Waals surface area (Å²) in [5.41, 5.74) is -1.08. The number of esters is 2. The van der Waals surface area contributed by atoms with Crippen LogP contribution in [0.25, 0.3) is 0 Å². The number of phenols is 3. The topological polar surface area (TPSA) is 189 Å². The van der Waals surface area contributed by atoms with Crippen molar-refractivity contribution in [3.8, 4) is 17.2 Å². The number of aryl methyl sites for hydroxylation is 1. The van der Waals surface area contributed by atoms with Crippen molar-refractivity contribution < 1.29 is 39.1 Å². The summed E-state index contributed by atoms with van der Waals surface area (Å²) in [5, 5.41) is 31.1. The van der Waals surface area contributed by atoms with Crippen LogP contribution in [-0.2, 0) is 19.0 Å². The number of carbonyl (C=O) groups excluding carboxylic acids is 2. The Kier molecular flexibility index (Phi) is 6.80. The van der Waals surface area contributed by atoms with E-state index in [0.717, 1.165) is 12.1 Å². The second-order valence-electron chi connectivity index (χ2n) is 6.97. The number of hydrogen-bond acceptors (Lipinski definition) is 11. The summed E-state index contributed by atoms with van der Waals surface area (Å²) >= 11 is 0. The molecular formula is C19H21N3O10. The maximum Gasteiger partial charge on any atom is 0.344 e. The Bertz CT molecular complexity index is 1120. The lowest BCUT2D eigenvalue weighted by molar-refractivity contribution is -0.157. The zero-order chi connectivity index (χ0) is 23.4. The largest absolute Gasteiger partial charge is 0.504 e. The quantitative estimate of drug-likeness (QED) is 0.263. The maximum absolute atomic E-state index is 12.0. The number of H-pyrrole nitrogens is 1. The van der Waals surface area contributed by atoms with Crippen molar-refractivity contribution in [3.05, 3.63) is 50.3 Å². The number of hydrogen-bond donors (Lipinski definition) is 5. The average Bonchev–Trinajstić information content (AvgIpc) is 2.76. The van der Waals surface area contributed by atoms with Gasteiger partial charge in [-0.2, -0.15) is 0 Å². The van der Waals surface area contributed by atoms with Gasteiger partial charge in [0.25, 0.3) is 5.56 Å². The Morgan fingerprint density at radius 1 is 1.16 bits per heavy atom. The Labute approximate surface area is 179 Å². The molecule has 0 saturated carbocycles. The van der Waals surface area contributed by atoms with Crippen molar-refractivity contribution in [3.63, 3.8) is 0 Å². The molecule has 13 nitrogen and oxygen atoms in total. The average molecular weight is 451 g/mol. The molecule has 0 bridgehead atoms. The first-order valence-corrected chi connectivity index (χ1v) is 9.41. The summed E-state index contributed by atoms with van der Waals surface area (Å²) in [4.78, 5) is 49.5. The molecule has 1 aromatic carbocycles. The number of ether oxygens (including phenoxy) is 3. The number of carbonyl (C=O) groups is 2. The van der Waals surface area contributed by atoms with Crippen molar-refractivity contribution in [1.82, 2.24) is 14.9 Å². The summed E-state index contributed by atoms with van der Waals surface area (Å²) in [7, 11) is 0. The van der Waals surface area contributed by atoms with Crippen molar-refractivity contribution in [2.45, 2.75) is 19.3 Å². The van der Waals surface area contributed by atoms with Crippen LogP contribution in [0.2, 0.25) is 0 Å². The number of morpholine rings is 1. The van der Waals surface area contributed by atoms with Gasteiger partial charge < -0.3 is 34.8 Å². The normalized spacial score (nSPS) is 18.2. The van der Waals surface area contributed by atoms with Gasteiger partial charge in [-0.3, -0.25) is 14.3 Å². The maximum atomic E-state index is 12.0. The third-order valence-corrected chi connectivity index (χ3v) is 4.55. The number of nitrogens with one attached hydrogen (secondary N) is 2. The minimum atomic E-state index is -1.03. The molecule has 2 aromatic rings. The van der Waals surface area contributed by atoms with Gasteiger partial charge in [0.1, 0.15) is 12.7 Å². The molecule has 1 fully saturated rings. The van der Waals surface area contributed by atoms with Crippen LogP contribution in [0, 0.1) is 6.92 Å². The van der Waals surface area contributed by atoms with Crippen LogP contribution < -0.4 is 16.6 Å². The number of phenolic OH excluding ortho intramolecular Hbond substituents is 3. The summed E-state index contributed by atoms with van der Waals surface area (Å²) < 4.78 is 16.8. The molecule has 3 rings (SSSR count). The molecule has 0 aliphatic carbocycles. The second kappa shape index (κ2) is 9.53. The van der Waals surface area contributed by atoms with Crippen LogP contribution in [0.15, 0.2) is 27.9 Å². The Morgan fingerprint density at radius 3 is 2.53 bits per heavy atom. The number of aromatic nitrogens is 2. The third kappa shape index (κ3) is 5.25. The number of nitrogens with zero attached hydrogens (tertiary/aromatic N) is 1. The Morgan fingerprint density at radius 2 is 1.84 bits per heavy atom. The van der Waals surface area contributed by atoms with Crippen LogP contribution in [0.4, 0.5) is 0 Å². The summed E-state index contributed by atoms with van der Waals surface area (Å²) in [5.74, 6) is -4.16. The smallest absolute Gasteiger partial charge is 0.344 e. The molecule has 2 atom stereocenters. The van der Waals surface area contributed by atoms with Crippen molar-refractivity contribution in [2.75, 3.05) is 26.3 Å². The number of aromatic hydroxyl groups is 3. The van der Waals surface area contributed by atoms with Crippen LogP contribution in [0.3, 0.4) is 0 Å². The fraction of sp³-hybridized carbons (Fsp3) is 0.368. The van der Waals surface area contributed by atoms with Gasteiger partial charge in [-0.25, -0.2) is 14.4 Å². The second-order valence-corrected chi connectivity index (χ2v) is 6.97.